The normalized spacial score (nSPS) is 12.9. The van der Waals surface area contributed by atoms with Crippen LogP contribution in [0.4, 0.5) is 4.39 Å². The van der Waals surface area contributed by atoms with E-state index in [0.29, 0.717) is 5.25 Å². The van der Waals surface area contributed by atoms with E-state index in [1.807, 2.05) is 17.8 Å². The van der Waals surface area contributed by atoms with Gasteiger partial charge in [0.05, 0.1) is 0 Å². The van der Waals surface area contributed by atoms with Gasteiger partial charge < -0.3 is 0 Å². The molecule has 0 spiro atoms. The van der Waals surface area contributed by atoms with E-state index in [2.05, 4.69) is 13.8 Å². The monoisotopic (exact) mass is 184 g/mol. The smallest absolute Gasteiger partial charge is 0.123 e. The molecule has 1 aromatic rings. The van der Waals surface area contributed by atoms with E-state index in [4.69, 9.17) is 0 Å². The van der Waals surface area contributed by atoms with E-state index >= 15 is 0 Å². The molecule has 2 heteroatoms. The predicted molar refractivity (Wildman–Crippen MR) is 52.9 cm³/mol. The lowest BCUT2D eigenvalue weighted by Gasteiger charge is -2.09. The molecule has 0 radical (unpaired) electrons. The summed E-state index contributed by atoms with van der Waals surface area (Å²) in [6, 6.07) is 6.81. The summed E-state index contributed by atoms with van der Waals surface area (Å²) in [7, 11) is 0. The summed E-state index contributed by atoms with van der Waals surface area (Å²) in [4.78, 5) is 0. The SMILES string of the molecule is CCSC(C)c1cccc(F)c1. The summed E-state index contributed by atoms with van der Waals surface area (Å²) in [6.07, 6.45) is 0. The Labute approximate surface area is 77.2 Å². The van der Waals surface area contributed by atoms with Gasteiger partial charge in [-0.2, -0.15) is 11.8 Å². The quantitative estimate of drug-likeness (QED) is 0.691. The molecule has 1 unspecified atom stereocenters. The lowest BCUT2D eigenvalue weighted by Crippen LogP contribution is -1.89. The first-order chi connectivity index (χ1) is 5.74. The lowest BCUT2D eigenvalue weighted by molar-refractivity contribution is 0.625. The number of hydrogen-bond donors (Lipinski definition) is 0. The lowest BCUT2D eigenvalue weighted by atomic mass is 10.2. The molecule has 0 aliphatic heterocycles. The molecule has 0 saturated carbocycles. The Morgan fingerprint density at radius 1 is 1.50 bits per heavy atom. The Morgan fingerprint density at radius 3 is 2.83 bits per heavy atom. The molecular weight excluding hydrogens is 171 g/mol. The molecule has 1 atom stereocenters. The molecule has 0 bridgehead atoms. The van der Waals surface area contributed by atoms with Crippen molar-refractivity contribution in [2.45, 2.75) is 19.1 Å². The van der Waals surface area contributed by atoms with E-state index in [9.17, 15) is 4.39 Å². The van der Waals surface area contributed by atoms with E-state index in [0.717, 1.165) is 11.3 Å². The van der Waals surface area contributed by atoms with Crippen LogP contribution in [0.15, 0.2) is 24.3 Å². The molecule has 1 aromatic carbocycles. The standard InChI is InChI=1S/C10H13FS/c1-3-12-8(2)9-5-4-6-10(11)7-9/h4-8H,3H2,1-2H3. The van der Waals surface area contributed by atoms with Gasteiger partial charge in [0.15, 0.2) is 0 Å². The van der Waals surface area contributed by atoms with Crippen molar-refractivity contribution in [1.82, 2.24) is 0 Å². The number of benzene rings is 1. The largest absolute Gasteiger partial charge is 0.207 e. The molecular formula is C10H13FS. The summed E-state index contributed by atoms with van der Waals surface area (Å²) in [6.45, 7) is 4.21. The van der Waals surface area contributed by atoms with Crippen LogP contribution in [0, 0.1) is 5.82 Å². The summed E-state index contributed by atoms with van der Waals surface area (Å²) in [5.41, 5.74) is 1.07. The molecule has 0 heterocycles. The average molecular weight is 184 g/mol. The van der Waals surface area contributed by atoms with Crippen LogP contribution in [0.25, 0.3) is 0 Å². The van der Waals surface area contributed by atoms with Gasteiger partial charge in [0.25, 0.3) is 0 Å². The third kappa shape index (κ3) is 2.52. The third-order valence-electron chi connectivity index (χ3n) is 1.73. The fraction of sp³-hybridized carbons (Fsp3) is 0.400. The van der Waals surface area contributed by atoms with E-state index < -0.39 is 0 Å². The number of rotatable bonds is 3. The Balaban J connectivity index is 2.73. The molecule has 0 saturated heterocycles. The molecule has 0 aromatic heterocycles. The van der Waals surface area contributed by atoms with Gasteiger partial charge in [-0.05, 0) is 30.4 Å². The zero-order valence-corrected chi connectivity index (χ0v) is 8.20. The number of halogens is 1. The van der Waals surface area contributed by atoms with Crippen LogP contribution in [0.3, 0.4) is 0 Å². The zero-order chi connectivity index (χ0) is 8.97. The maximum atomic E-state index is 12.8. The highest BCUT2D eigenvalue weighted by Gasteiger charge is 2.04. The molecule has 12 heavy (non-hydrogen) atoms. The van der Waals surface area contributed by atoms with Crippen LogP contribution in [-0.4, -0.2) is 5.75 Å². The fourth-order valence-electron chi connectivity index (χ4n) is 1.11. The van der Waals surface area contributed by atoms with E-state index in [1.165, 1.54) is 6.07 Å². The van der Waals surface area contributed by atoms with Crippen LogP contribution < -0.4 is 0 Å². The van der Waals surface area contributed by atoms with Crippen molar-refractivity contribution >= 4 is 11.8 Å². The van der Waals surface area contributed by atoms with Crippen LogP contribution in [0.2, 0.25) is 0 Å². The van der Waals surface area contributed by atoms with Crippen LogP contribution in [-0.2, 0) is 0 Å². The molecule has 0 nitrogen and oxygen atoms in total. The highest BCUT2D eigenvalue weighted by molar-refractivity contribution is 7.99. The second-order valence-electron chi connectivity index (χ2n) is 2.65. The molecule has 0 amide bonds. The van der Waals surface area contributed by atoms with Gasteiger partial charge in [-0.25, -0.2) is 4.39 Å². The zero-order valence-electron chi connectivity index (χ0n) is 7.38. The van der Waals surface area contributed by atoms with Gasteiger partial charge >= 0.3 is 0 Å². The Bertz CT molecular complexity index is 247. The van der Waals surface area contributed by atoms with Gasteiger partial charge in [0.2, 0.25) is 0 Å². The first kappa shape index (κ1) is 9.59. The van der Waals surface area contributed by atoms with Crippen molar-refractivity contribution in [3.8, 4) is 0 Å². The summed E-state index contributed by atoms with van der Waals surface area (Å²) < 4.78 is 12.8. The minimum Gasteiger partial charge on any atom is -0.207 e. The number of thioether (sulfide) groups is 1. The summed E-state index contributed by atoms with van der Waals surface area (Å²) >= 11 is 1.83. The summed E-state index contributed by atoms with van der Waals surface area (Å²) in [5, 5.41) is 0.394. The first-order valence-electron chi connectivity index (χ1n) is 4.11. The second kappa shape index (κ2) is 4.51. The Hall–Kier alpha value is -0.500. The van der Waals surface area contributed by atoms with Gasteiger partial charge in [0, 0.05) is 5.25 Å². The molecule has 0 N–H and O–H groups in total. The molecule has 0 fully saturated rings. The van der Waals surface area contributed by atoms with Crippen molar-refractivity contribution in [1.29, 1.82) is 0 Å². The van der Waals surface area contributed by atoms with Crippen molar-refractivity contribution in [3.05, 3.63) is 35.6 Å². The van der Waals surface area contributed by atoms with Crippen LogP contribution in [0.5, 0.6) is 0 Å². The minimum absolute atomic E-state index is 0.143. The van der Waals surface area contributed by atoms with Crippen LogP contribution >= 0.6 is 11.8 Å². The van der Waals surface area contributed by atoms with E-state index in [-0.39, 0.29) is 5.82 Å². The first-order valence-corrected chi connectivity index (χ1v) is 5.16. The van der Waals surface area contributed by atoms with Crippen molar-refractivity contribution in [2.75, 3.05) is 5.75 Å². The molecule has 0 aliphatic rings. The minimum atomic E-state index is -0.143. The van der Waals surface area contributed by atoms with Crippen molar-refractivity contribution < 1.29 is 4.39 Å². The third-order valence-corrected chi connectivity index (χ3v) is 2.84. The molecule has 1 rings (SSSR count). The average Bonchev–Trinajstić information content (AvgIpc) is 2.05. The van der Waals surface area contributed by atoms with Gasteiger partial charge in [-0.15, -0.1) is 0 Å². The maximum Gasteiger partial charge on any atom is 0.123 e. The van der Waals surface area contributed by atoms with Crippen molar-refractivity contribution in [2.24, 2.45) is 0 Å². The Morgan fingerprint density at radius 2 is 2.25 bits per heavy atom. The fourth-order valence-corrected chi connectivity index (χ4v) is 1.94. The van der Waals surface area contributed by atoms with E-state index in [1.54, 1.807) is 12.1 Å². The predicted octanol–water partition coefficient (Wildman–Crippen LogP) is 3.64. The molecule has 66 valence electrons. The highest BCUT2D eigenvalue weighted by Crippen LogP contribution is 2.27. The summed E-state index contributed by atoms with van der Waals surface area (Å²) in [5.74, 6) is 0.925. The number of hydrogen-bond acceptors (Lipinski definition) is 1. The maximum absolute atomic E-state index is 12.8. The van der Waals surface area contributed by atoms with Crippen molar-refractivity contribution in [3.63, 3.8) is 0 Å². The van der Waals surface area contributed by atoms with Crippen LogP contribution in [0.1, 0.15) is 24.7 Å². The van der Waals surface area contributed by atoms with Gasteiger partial charge in [0.1, 0.15) is 5.82 Å². The molecule has 0 aliphatic carbocycles. The highest BCUT2D eigenvalue weighted by atomic mass is 32.2. The van der Waals surface area contributed by atoms with Gasteiger partial charge in [-0.1, -0.05) is 19.1 Å². The second-order valence-corrected chi connectivity index (χ2v) is 4.27. The van der Waals surface area contributed by atoms with Gasteiger partial charge in [-0.3, -0.25) is 0 Å². The topological polar surface area (TPSA) is 0 Å². The Kier molecular flexibility index (Phi) is 3.60.